The molecule has 4 aromatic rings. The van der Waals surface area contributed by atoms with E-state index in [1.54, 1.807) is 73.4 Å². The molecule has 2 aromatic heterocycles. The number of hydrogen-bond donors (Lipinski definition) is 0. The molecule has 0 atom stereocenters. The number of aromatic nitrogens is 3. The highest BCUT2D eigenvalue weighted by molar-refractivity contribution is 8.00. The Morgan fingerprint density at radius 2 is 1.57 bits per heavy atom. The third-order valence-electron chi connectivity index (χ3n) is 5.33. The number of hydrogen-bond acceptors (Lipinski definition) is 5. The topological polar surface area (TPSA) is 64.8 Å². The molecule has 0 bridgehead atoms. The van der Waals surface area contributed by atoms with Crippen molar-refractivity contribution in [1.29, 1.82) is 0 Å². The molecule has 11 heteroatoms. The summed E-state index contributed by atoms with van der Waals surface area (Å²) in [5.41, 5.74) is -1.56. The van der Waals surface area contributed by atoms with Crippen molar-refractivity contribution in [2.24, 2.45) is 7.05 Å². The van der Waals surface area contributed by atoms with E-state index in [2.05, 4.69) is 9.97 Å². The molecule has 5 nitrogen and oxygen atoms in total. The van der Waals surface area contributed by atoms with E-state index < -0.39 is 15.3 Å². The normalized spacial score (nSPS) is 12.2. The number of halogens is 4. The summed E-state index contributed by atoms with van der Waals surface area (Å²) in [6.45, 7) is 1.55. The largest absolute Gasteiger partial charge is 0.446 e. The van der Waals surface area contributed by atoms with Crippen LogP contribution in [0.25, 0.3) is 33.9 Å². The molecule has 0 radical (unpaired) electrons. The number of pyridine rings is 1. The second-order valence-corrected chi connectivity index (χ2v) is 11.4. The summed E-state index contributed by atoms with van der Waals surface area (Å²) >= 11 is 5.78. The van der Waals surface area contributed by atoms with Gasteiger partial charge in [0.25, 0.3) is 0 Å². The van der Waals surface area contributed by atoms with E-state index in [4.69, 9.17) is 11.6 Å². The van der Waals surface area contributed by atoms with Crippen molar-refractivity contribution in [3.8, 4) is 33.9 Å². The molecule has 0 aliphatic carbocycles. The number of nitrogens with zero attached hydrogens (tertiary/aromatic N) is 3. The van der Waals surface area contributed by atoms with Crippen LogP contribution in [-0.2, 0) is 16.9 Å². The Hall–Kier alpha value is -2.82. The van der Waals surface area contributed by atoms with Gasteiger partial charge < -0.3 is 4.57 Å². The van der Waals surface area contributed by atoms with E-state index in [0.717, 1.165) is 5.56 Å². The third kappa shape index (κ3) is 5.55. The minimum atomic E-state index is -4.37. The van der Waals surface area contributed by atoms with E-state index in [-0.39, 0.29) is 33.0 Å². The first-order valence-corrected chi connectivity index (χ1v) is 13.2. The molecule has 182 valence electrons. The van der Waals surface area contributed by atoms with Crippen LogP contribution in [0, 0.1) is 0 Å². The first-order chi connectivity index (χ1) is 16.5. The lowest BCUT2D eigenvalue weighted by Gasteiger charge is -2.12. The van der Waals surface area contributed by atoms with E-state index in [1.165, 1.54) is 12.1 Å². The molecule has 0 aliphatic rings. The van der Waals surface area contributed by atoms with Gasteiger partial charge >= 0.3 is 5.51 Å². The van der Waals surface area contributed by atoms with Gasteiger partial charge in [-0.15, -0.1) is 0 Å². The Morgan fingerprint density at radius 1 is 0.943 bits per heavy atom. The fraction of sp³-hybridized carbons (Fsp3) is 0.167. The summed E-state index contributed by atoms with van der Waals surface area (Å²) in [5, 5.41) is 0.560. The monoisotopic (exact) mass is 537 g/mol. The highest BCUT2D eigenvalue weighted by Crippen LogP contribution is 2.38. The molecule has 35 heavy (non-hydrogen) atoms. The lowest BCUT2D eigenvalue weighted by atomic mass is 10.1. The fourth-order valence-corrected chi connectivity index (χ4v) is 5.25. The molecule has 0 amide bonds. The molecule has 4 rings (SSSR count). The second kappa shape index (κ2) is 9.67. The zero-order valence-corrected chi connectivity index (χ0v) is 20.9. The Morgan fingerprint density at radius 3 is 2.17 bits per heavy atom. The van der Waals surface area contributed by atoms with Crippen molar-refractivity contribution in [2.45, 2.75) is 22.2 Å². The molecule has 2 aromatic carbocycles. The van der Waals surface area contributed by atoms with Crippen molar-refractivity contribution in [3.63, 3.8) is 0 Å². The van der Waals surface area contributed by atoms with Gasteiger partial charge in [-0.2, -0.15) is 13.2 Å². The predicted octanol–water partition coefficient (Wildman–Crippen LogP) is 6.88. The number of alkyl halides is 3. The summed E-state index contributed by atoms with van der Waals surface area (Å²) < 4.78 is 65.5. The van der Waals surface area contributed by atoms with E-state index >= 15 is 0 Å². The Labute approximate surface area is 209 Å². The number of imidazole rings is 1. The maximum Gasteiger partial charge on any atom is 0.446 e. The van der Waals surface area contributed by atoms with Crippen LogP contribution in [0.4, 0.5) is 13.2 Å². The lowest BCUT2D eigenvalue weighted by molar-refractivity contribution is -0.0328. The Bertz CT molecular complexity index is 1470. The van der Waals surface area contributed by atoms with Crippen molar-refractivity contribution in [3.05, 3.63) is 72.0 Å². The second-order valence-electron chi connectivity index (χ2n) is 7.58. The molecular formula is C24H19ClF3N3O2S2. The Kier molecular flexibility index (Phi) is 6.99. The molecule has 0 N–H and O–H groups in total. The van der Waals surface area contributed by atoms with Crippen molar-refractivity contribution < 1.29 is 21.6 Å². The molecule has 0 spiro atoms. The van der Waals surface area contributed by atoms with Crippen LogP contribution in [0.15, 0.2) is 76.8 Å². The lowest BCUT2D eigenvalue weighted by Crippen LogP contribution is -2.09. The van der Waals surface area contributed by atoms with Crippen LogP contribution in [-0.4, -0.2) is 34.2 Å². The molecule has 0 unspecified atom stereocenters. The molecular weight excluding hydrogens is 519 g/mol. The minimum Gasteiger partial charge on any atom is -0.326 e. The highest BCUT2D eigenvalue weighted by Gasteiger charge is 2.29. The van der Waals surface area contributed by atoms with E-state index in [1.807, 2.05) is 0 Å². The zero-order valence-electron chi connectivity index (χ0n) is 18.5. The minimum absolute atomic E-state index is 0.0459. The van der Waals surface area contributed by atoms with Gasteiger partial charge in [-0.05, 0) is 53.2 Å². The molecule has 0 saturated heterocycles. The van der Waals surface area contributed by atoms with E-state index in [0.29, 0.717) is 27.7 Å². The summed E-state index contributed by atoms with van der Waals surface area (Å²) in [5.74, 6) is 0.199. The molecule has 0 aliphatic heterocycles. The van der Waals surface area contributed by atoms with Gasteiger partial charge in [-0.1, -0.05) is 42.8 Å². The first-order valence-electron chi connectivity index (χ1n) is 10.4. The zero-order chi connectivity index (χ0) is 25.4. The van der Waals surface area contributed by atoms with Crippen LogP contribution < -0.4 is 0 Å². The predicted molar refractivity (Wildman–Crippen MR) is 132 cm³/mol. The maximum atomic E-state index is 13.0. The van der Waals surface area contributed by atoms with Crippen molar-refractivity contribution in [1.82, 2.24) is 14.5 Å². The molecule has 0 saturated carbocycles. The van der Waals surface area contributed by atoms with E-state index in [9.17, 15) is 21.6 Å². The van der Waals surface area contributed by atoms with Gasteiger partial charge in [0.15, 0.2) is 15.7 Å². The average molecular weight is 538 g/mol. The number of thioether (sulfide) groups is 1. The SMILES string of the molecule is CCS(=O)(=O)c1cc(-c2ccc(Cl)cc2)cnc1-c1ncc(-c2ccc(SC(F)(F)F)cc2)n1C. The van der Waals surface area contributed by atoms with Crippen molar-refractivity contribution in [2.75, 3.05) is 5.75 Å². The standard InChI is InChI=1S/C24H19ClF3N3O2S2/c1-3-35(32,33)21-12-17(15-4-8-18(25)9-5-15)13-29-22(21)23-30-14-20(31(23)2)16-6-10-19(11-7-16)34-24(26,27)28/h4-14H,3H2,1-2H3. The number of rotatable bonds is 6. The highest BCUT2D eigenvalue weighted by atomic mass is 35.5. The summed E-state index contributed by atoms with van der Waals surface area (Å²) in [6, 6.07) is 14.4. The number of sulfone groups is 1. The van der Waals surface area contributed by atoms with Gasteiger partial charge in [-0.25, -0.2) is 13.4 Å². The Balaban J connectivity index is 1.77. The summed E-state index contributed by atoms with van der Waals surface area (Å²) in [7, 11) is -1.96. The van der Waals surface area contributed by atoms with Crippen molar-refractivity contribution >= 4 is 33.2 Å². The fourth-order valence-electron chi connectivity index (χ4n) is 3.53. The van der Waals surface area contributed by atoms with Gasteiger partial charge in [0.2, 0.25) is 0 Å². The van der Waals surface area contributed by atoms with Gasteiger partial charge in [0.05, 0.1) is 22.5 Å². The number of benzene rings is 2. The van der Waals surface area contributed by atoms with Gasteiger partial charge in [0, 0.05) is 28.7 Å². The van der Waals surface area contributed by atoms with Gasteiger partial charge in [0.1, 0.15) is 5.69 Å². The molecule has 0 fully saturated rings. The summed E-state index contributed by atoms with van der Waals surface area (Å²) in [6.07, 6.45) is 3.11. The van der Waals surface area contributed by atoms with Gasteiger partial charge in [-0.3, -0.25) is 4.98 Å². The van der Waals surface area contributed by atoms with Crippen LogP contribution in [0.3, 0.4) is 0 Å². The maximum absolute atomic E-state index is 13.0. The smallest absolute Gasteiger partial charge is 0.326 e. The van der Waals surface area contributed by atoms with Crippen LogP contribution in [0.1, 0.15) is 6.92 Å². The third-order valence-corrected chi connectivity index (χ3v) is 8.06. The van der Waals surface area contributed by atoms with Crippen LogP contribution >= 0.6 is 23.4 Å². The first kappa shape index (κ1) is 25.3. The van der Waals surface area contributed by atoms with Crippen LogP contribution in [0.5, 0.6) is 0 Å². The quantitative estimate of drug-likeness (QED) is 0.251. The van der Waals surface area contributed by atoms with Crippen LogP contribution in [0.2, 0.25) is 5.02 Å². The molecule has 2 heterocycles. The average Bonchev–Trinajstić information content (AvgIpc) is 3.20. The summed E-state index contributed by atoms with van der Waals surface area (Å²) in [4.78, 5) is 8.98.